The maximum atomic E-state index is 13.2. The van der Waals surface area contributed by atoms with E-state index in [1.165, 1.54) is 12.1 Å². The van der Waals surface area contributed by atoms with Crippen LogP contribution in [0.2, 0.25) is 0 Å². The van der Waals surface area contributed by atoms with Crippen molar-refractivity contribution in [3.8, 4) is 6.07 Å². The third-order valence-corrected chi connectivity index (χ3v) is 5.12. The van der Waals surface area contributed by atoms with Crippen LogP contribution in [0, 0.1) is 17.1 Å². The first-order valence-corrected chi connectivity index (χ1v) is 9.03. The number of hydrogen-bond donors (Lipinski definition) is 1. The average Bonchev–Trinajstić information content (AvgIpc) is 2.64. The molecule has 7 heteroatoms. The van der Waals surface area contributed by atoms with Gasteiger partial charge in [-0.25, -0.2) is 4.39 Å². The second-order valence-corrected chi connectivity index (χ2v) is 6.90. The van der Waals surface area contributed by atoms with Crippen LogP contribution >= 0.6 is 28.1 Å². The Balaban J connectivity index is 1.62. The third-order valence-electron chi connectivity index (χ3n) is 4.10. The number of rotatable bonds is 2. The van der Waals surface area contributed by atoms with E-state index in [1.807, 2.05) is 24.3 Å². The Kier molecular flexibility index (Phi) is 5.51. The zero-order chi connectivity index (χ0) is 17.8. The topological polar surface area (TPSA) is 42.3 Å². The van der Waals surface area contributed by atoms with E-state index in [2.05, 4.69) is 37.1 Å². The Morgan fingerprint density at radius 2 is 1.88 bits per heavy atom. The molecule has 3 rings (SSSR count). The maximum absolute atomic E-state index is 13.2. The second-order valence-electron chi connectivity index (χ2n) is 5.66. The quantitative estimate of drug-likeness (QED) is 0.747. The van der Waals surface area contributed by atoms with Crippen LogP contribution in [0.4, 0.5) is 15.8 Å². The van der Waals surface area contributed by atoms with Gasteiger partial charge in [0.1, 0.15) is 11.9 Å². The van der Waals surface area contributed by atoms with Crippen molar-refractivity contribution in [2.75, 3.05) is 36.4 Å². The summed E-state index contributed by atoms with van der Waals surface area (Å²) in [6.07, 6.45) is 0. The van der Waals surface area contributed by atoms with Crippen LogP contribution in [0.25, 0.3) is 0 Å². The lowest BCUT2D eigenvalue weighted by Crippen LogP contribution is -2.50. The summed E-state index contributed by atoms with van der Waals surface area (Å²) in [6, 6.07) is 14.3. The lowest BCUT2D eigenvalue weighted by Gasteiger charge is -2.37. The Morgan fingerprint density at radius 1 is 1.16 bits per heavy atom. The van der Waals surface area contributed by atoms with E-state index >= 15 is 0 Å². The molecule has 1 heterocycles. The molecule has 4 nitrogen and oxygen atoms in total. The number of nitrogens with zero attached hydrogens (tertiary/aromatic N) is 3. The van der Waals surface area contributed by atoms with E-state index < -0.39 is 0 Å². The van der Waals surface area contributed by atoms with Gasteiger partial charge in [-0.05, 0) is 58.5 Å². The zero-order valence-electron chi connectivity index (χ0n) is 13.4. The summed E-state index contributed by atoms with van der Waals surface area (Å²) in [4.78, 5) is 4.28. The molecule has 1 saturated heterocycles. The maximum Gasteiger partial charge on any atom is 0.173 e. The van der Waals surface area contributed by atoms with Gasteiger partial charge in [0, 0.05) is 30.7 Å². The molecular formula is C18H16BrFN4S. The lowest BCUT2D eigenvalue weighted by molar-refractivity contribution is 0.391. The van der Waals surface area contributed by atoms with Crippen LogP contribution in [0.1, 0.15) is 5.56 Å². The first kappa shape index (κ1) is 17.6. The third kappa shape index (κ3) is 4.09. The molecule has 25 heavy (non-hydrogen) atoms. The molecular weight excluding hydrogens is 403 g/mol. The number of nitriles is 1. The molecule has 0 bridgehead atoms. The molecule has 2 aromatic carbocycles. The van der Waals surface area contributed by atoms with Crippen LogP contribution < -0.4 is 10.2 Å². The molecule has 0 atom stereocenters. The molecule has 0 unspecified atom stereocenters. The van der Waals surface area contributed by atoms with Gasteiger partial charge in [-0.15, -0.1) is 0 Å². The van der Waals surface area contributed by atoms with Crippen LogP contribution in [-0.4, -0.2) is 36.2 Å². The Labute approximate surface area is 160 Å². The van der Waals surface area contributed by atoms with E-state index in [0.29, 0.717) is 15.1 Å². The largest absolute Gasteiger partial charge is 0.367 e. The molecule has 1 N–H and O–H groups in total. The summed E-state index contributed by atoms with van der Waals surface area (Å²) in [6.45, 7) is 3.07. The van der Waals surface area contributed by atoms with Gasteiger partial charge >= 0.3 is 0 Å². The predicted octanol–water partition coefficient (Wildman–Crippen LogP) is 3.98. The SMILES string of the molecule is N#Cc1ccccc1N1CCN(C(=S)Nc2ccc(F)cc2Br)CC1. The summed E-state index contributed by atoms with van der Waals surface area (Å²) < 4.78 is 13.8. The van der Waals surface area contributed by atoms with Crippen molar-refractivity contribution >= 4 is 44.6 Å². The first-order chi connectivity index (χ1) is 12.1. The second kappa shape index (κ2) is 7.81. The normalized spacial score (nSPS) is 14.1. The molecule has 1 aliphatic heterocycles. The van der Waals surface area contributed by atoms with Crippen molar-refractivity contribution in [2.24, 2.45) is 0 Å². The Hall–Kier alpha value is -2.17. The van der Waals surface area contributed by atoms with Gasteiger partial charge < -0.3 is 15.1 Å². The molecule has 0 spiro atoms. The van der Waals surface area contributed by atoms with Gasteiger partial charge in [0.15, 0.2) is 5.11 Å². The fourth-order valence-corrected chi connectivity index (χ4v) is 3.52. The Bertz CT molecular complexity index is 828. The number of benzene rings is 2. The Morgan fingerprint density at radius 3 is 2.56 bits per heavy atom. The van der Waals surface area contributed by atoms with Crippen LogP contribution in [0.5, 0.6) is 0 Å². The highest BCUT2D eigenvalue weighted by Crippen LogP contribution is 2.24. The van der Waals surface area contributed by atoms with Crippen LogP contribution in [0.3, 0.4) is 0 Å². The van der Waals surface area contributed by atoms with Gasteiger partial charge in [-0.2, -0.15) is 5.26 Å². The summed E-state index contributed by atoms with van der Waals surface area (Å²) in [5.74, 6) is -0.298. The highest BCUT2D eigenvalue weighted by Gasteiger charge is 2.21. The molecule has 0 radical (unpaired) electrons. The smallest absolute Gasteiger partial charge is 0.173 e. The molecule has 128 valence electrons. The number of halogens is 2. The molecule has 1 aliphatic rings. The standard InChI is InChI=1S/C18H16BrFN4S/c19-15-11-14(20)5-6-16(15)22-18(25)24-9-7-23(8-10-24)17-4-2-1-3-13(17)12-21/h1-6,11H,7-10H2,(H,22,25). The summed E-state index contributed by atoms with van der Waals surface area (Å²) >= 11 is 8.82. The van der Waals surface area contributed by atoms with E-state index in [9.17, 15) is 9.65 Å². The summed E-state index contributed by atoms with van der Waals surface area (Å²) in [5, 5.41) is 13.0. The highest BCUT2D eigenvalue weighted by molar-refractivity contribution is 9.10. The minimum atomic E-state index is -0.298. The molecule has 0 aromatic heterocycles. The van der Waals surface area contributed by atoms with Gasteiger partial charge in [0.2, 0.25) is 0 Å². The predicted molar refractivity (Wildman–Crippen MR) is 105 cm³/mol. The van der Waals surface area contributed by atoms with Crippen molar-refractivity contribution in [1.29, 1.82) is 5.26 Å². The highest BCUT2D eigenvalue weighted by atomic mass is 79.9. The molecule has 0 aliphatic carbocycles. The monoisotopic (exact) mass is 418 g/mol. The van der Waals surface area contributed by atoms with Gasteiger partial charge in [-0.3, -0.25) is 0 Å². The summed E-state index contributed by atoms with van der Waals surface area (Å²) in [5.41, 5.74) is 2.39. The minimum Gasteiger partial charge on any atom is -0.367 e. The molecule has 0 amide bonds. The average molecular weight is 419 g/mol. The number of nitrogens with one attached hydrogen (secondary N) is 1. The van der Waals surface area contributed by atoms with Crippen molar-refractivity contribution in [2.45, 2.75) is 0 Å². The zero-order valence-corrected chi connectivity index (χ0v) is 15.8. The number of piperazine rings is 1. The fourth-order valence-electron chi connectivity index (χ4n) is 2.78. The number of para-hydroxylation sites is 1. The molecule has 2 aromatic rings. The van der Waals surface area contributed by atoms with E-state index in [0.717, 1.165) is 37.6 Å². The van der Waals surface area contributed by atoms with E-state index in [4.69, 9.17) is 12.2 Å². The van der Waals surface area contributed by atoms with Crippen molar-refractivity contribution < 1.29 is 4.39 Å². The molecule has 1 fully saturated rings. The van der Waals surface area contributed by atoms with Crippen molar-refractivity contribution in [3.63, 3.8) is 0 Å². The van der Waals surface area contributed by atoms with Crippen LogP contribution in [0.15, 0.2) is 46.9 Å². The fraction of sp³-hybridized carbons (Fsp3) is 0.222. The van der Waals surface area contributed by atoms with Crippen LogP contribution in [-0.2, 0) is 0 Å². The lowest BCUT2D eigenvalue weighted by atomic mass is 10.1. The number of anilines is 2. The van der Waals surface area contributed by atoms with E-state index in [1.54, 1.807) is 6.07 Å². The molecule has 0 saturated carbocycles. The van der Waals surface area contributed by atoms with E-state index in [-0.39, 0.29) is 5.82 Å². The number of thiocarbonyl (C=S) groups is 1. The van der Waals surface area contributed by atoms with Gasteiger partial charge in [-0.1, -0.05) is 12.1 Å². The first-order valence-electron chi connectivity index (χ1n) is 7.83. The van der Waals surface area contributed by atoms with Gasteiger partial charge in [0.05, 0.1) is 16.9 Å². The minimum absolute atomic E-state index is 0.298. The summed E-state index contributed by atoms with van der Waals surface area (Å²) in [7, 11) is 0. The van der Waals surface area contributed by atoms with Gasteiger partial charge in [0.25, 0.3) is 0 Å². The van der Waals surface area contributed by atoms with Crippen molar-refractivity contribution in [3.05, 3.63) is 58.3 Å². The number of hydrogen-bond acceptors (Lipinski definition) is 3. The van der Waals surface area contributed by atoms with Crippen molar-refractivity contribution in [1.82, 2.24) is 4.90 Å².